The normalized spacial score (nSPS) is 19.8. The van der Waals surface area contributed by atoms with E-state index in [1.165, 1.54) is 0 Å². The first-order valence-corrected chi connectivity index (χ1v) is 17.7. The van der Waals surface area contributed by atoms with E-state index in [4.69, 9.17) is 56.2 Å². The van der Waals surface area contributed by atoms with Gasteiger partial charge in [-0.15, -0.1) is 0 Å². The molecule has 266 valence electrons. The molecule has 0 aliphatic carbocycles. The molecule has 44 heavy (non-hydrogen) atoms. The summed E-state index contributed by atoms with van der Waals surface area (Å²) in [5.41, 5.74) is 0. The summed E-state index contributed by atoms with van der Waals surface area (Å²) in [5, 5.41) is 0. The number of hydrogen-bond donors (Lipinski definition) is 0. The predicted molar refractivity (Wildman–Crippen MR) is 165 cm³/mol. The van der Waals surface area contributed by atoms with Crippen LogP contribution in [0.3, 0.4) is 0 Å². The Morgan fingerprint density at radius 3 is 0.682 bits per heavy atom. The topological polar surface area (TPSA) is 128 Å². The van der Waals surface area contributed by atoms with E-state index < -0.39 is 64.4 Å². The minimum Gasteiger partial charge on any atom is -0.356 e. The summed E-state index contributed by atoms with van der Waals surface area (Å²) in [6, 6.07) is 0. The molecule has 0 aromatic carbocycles. The third-order valence-corrected chi connectivity index (χ3v) is 7.83. The molecule has 9 unspecified atom stereocenters. The van der Waals surface area contributed by atoms with Crippen LogP contribution in [0.15, 0.2) is 0 Å². The zero-order chi connectivity index (χ0) is 33.5. The van der Waals surface area contributed by atoms with Crippen LogP contribution in [0, 0.1) is 0 Å². The number of ether oxygens (including phenoxy) is 9. The Kier molecular flexibility index (Phi) is 25.6. The molecular formula is C30H63O13P. The molecule has 0 aromatic rings. The van der Waals surface area contributed by atoms with E-state index in [1.807, 2.05) is 62.3 Å². The van der Waals surface area contributed by atoms with E-state index in [0.717, 1.165) is 0 Å². The van der Waals surface area contributed by atoms with Gasteiger partial charge in [-0.25, -0.2) is 4.57 Å². The Morgan fingerprint density at radius 1 is 0.341 bits per heavy atom. The monoisotopic (exact) mass is 662 g/mol. The molecule has 0 aliphatic heterocycles. The fourth-order valence-electron chi connectivity index (χ4n) is 3.74. The molecule has 13 nitrogen and oxygen atoms in total. The Balaban J connectivity index is 6.13. The Bertz CT molecular complexity index is 616. The van der Waals surface area contributed by atoms with Crippen molar-refractivity contribution in [1.82, 2.24) is 0 Å². The molecule has 0 fully saturated rings. The van der Waals surface area contributed by atoms with E-state index in [2.05, 4.69) is 0 Å². The maximum atomic E-state index is 14.4. The molecular weight excluding hydrogens is 599 g/mol. The van der Waals surface area contributed by atoms with Crippen molar-refractivity contribution in [2.24, 2.45) is 0 Å². The first kappa shape index (κ1) is 43.8. The van der Waals surface area contributed by atoms with Crippen molar-refractivity contribution in [3.63, 3.8) is 0 Å². The van der Waals surface area contributed by atoms with Gasteiger partial charge in [0.25, 0.3) is 0 Å². The molecule has 0 saturated carbocycles. The van der Waals surface area contributed by atoms with Gasteiger partial charge < -0.3 is 42.6 Å². The van der Waals surface area contributed by atoms with Crippen molar-refractivity contribution >= 4 is 7.82 Å². The van der Waals surface area contributed by atoms with Crippen LogP contribution in [0.5, 0.6) is 0 Å². The highest BCUT2D eigenvalue weighted by Crippen LogP contribution is 2.54. The fraction of sp³-hybridized carbons (Fsp3) is 1.00. The lowest BCUT2D eigenvalue weighted by Crippen LogP contribution is -2.33. The molecule has 0 spiro atoms. The number of methoxy groups -OCH3 is 3. The summed E-state index contributed by atoms with van der Waals surface area (Å²) < 4.78 is 84.3. The second-order valence-corrected chi connectivity index (χ2v) is 11.4. The van der Waals surface area contributed by atoms with Gasteiger partial charge in [0.15, 0.2) is 56.6 Å². The summed E-state index contributed by atoms with van der Waals surface area (Å²) >= 11 is 0. The number of hydrogen-bond acceptors (Lipinski definition) is 13. The third-order valence-electron chi connectivity index (χ3n) is 6.35. The van der Waals surface area contributed by atoms with Crippen LogP contribution in [-0.4, -0.2) is 77.9 Å². The first-order valence-electron chi connectivity index (χ1n) is 16.2. The Labute approximate surface area is 266 Å². The minimum atomic E-state index is -4.42. The average Bonchev–Trinajstić information content (AvgIpc) is 3.05. The highest BCUT2D eigenvalue weighted by atomic mass is 31.2. The fourth-order valence-corrected chi connectivity index (χ4v) is 5.35. The van der Waals surface area contributed by atoms with Crippen molar-refractivity contribution in [3.8, 4) is 0 Å². The van der Waals surface area contributed by atoms with Crippen LogP contribution >= 0.6 is 7.82 Å². The highest BCUT2D eigenvalue weighted by molar-refractivity contribution is 7.48. The standard InChI is InChI=1S/C30H63O13P/c1-13-22(32-10)35-25(16-4)38-28(19-7)41-44(31,42-29(20-8)39-26(17-5)36-23(14-2)33-11)43-30(21-9)40-27(18-6)37-24(15-3)34-12/h22-30H,13-21H2,1-12H3. The van der Waals surface area contributed by atoms with Gasteiger partial charge in [-0.05, 0) is 57.8 Å². The summed E-state index contributed by atoms with van der Waals surface area (Å²) in [6.45, 7) is 17.0. The molecule has 0 N–H and O–H groups in total. The quantitative estimate of drug-likeness (QED) is 0.0548. The van der Waals surface area contributed by atoms with Crippen LogP contribution in [0.1, 0.15) is 120 Å². The van der Waals surface area contributed by atoms with Gasteiger partial charge in [0.05, 0.1) is 0 Å². The van der Waals surface area contributed by atoms with Gasteiger partial charge in [0.2, 0.25) is 0 Å². The molecule has 0 heterocycles. The minimum absolute atomic E-state index is 0.315. The first-order chi connectivity index (χ1) is 21.1. The van der Waals surface area contributed by atoms with Gasteiger partial charge in [-0.2, -0.15) is 0 Å². The lowest BCUT2D eigenvalue weighted by Gasteiger charge is -2.33. The summed E-state index contributed by atoms with van der Waals surface area (Å²) in [6.07, 6.45) is -2.23. The number of phosphoric ester groups is 1. The molecule has 0 radical (unpaired) electrons. The molecule has 0 rings (SSSR count). The lowest BCUT2D eigenvalue weighted by atomic mass is 10.4. The molecule has 0 amide bonds. The number of rotatable bonds is 30. The average molecular weight is 663 g/mol. The largest absolute Gasteiger partial charge is 0.481 e. The highest BCUT2D eigenvalue weighted by Gasteiger charge is 2.39. The molecule has 0 bridgehead atoms. The molecule has 9 atom stereocenters. The predicted octanol–water partition coefficient (Wildman–Crippen LogP) is 7.81. The third kappa shape index (κ3) is 17.6. The lowest BCUT2D eigenvalue weighted by molar-refractivity contribution is -0.296. The molecule has 14 heteroatoms. The second kappa shape index (κ2) is 25.8. The van der Waals surface area contributed by atoms with Crippen LogP contribution in [0.4, 0.5) is 0 Å². The van der Waals surface area contributed by atoms with Crippen molar-refractivity contribution in [1.29, 1.82) is 0 Å². The van der Waals surface area contributed by atoms with Crippen molar-refractivity contribution in [2.75, 3.05) is 21.3 Å². The van der Waals surface area contributed by atoms with E-state index in [1.54, 1.807) is 21.3 Å². The Morgan fingerprint density at radius 2 is 0.523 bits per heavy atom. The van der Waals surface area contributed by atoms with Gasteiger partial charge >= 0.3 is 7.82 Å². The number of phosphoric acid groups is 1. The SMILES string of the molecule is CCC(OC)OC(CC)OC(CC)OP(=O)(OC(CC)OC(CC)OC(CC)OC)OC(CC)OC(CC)OC(CC)OC. The molecule has 0 saturated heterocycles. The Hall–Kier alpha value is -0.250. The van der Waals surface area contributed by atoms with E-state index in [9.17, 15) is 4.57 Å². The second-order valence-electron chi connectivity index (χ2n) is 9.83. The summed E-state index contributed by atoms with van der Waals surface area (Å²) in [4.78, 5) is 0. The van der Waals surface area contributed by atoms with E-state index >= 15 is 0 Å². The van der Waals surface area contributed by atoms with Crippen LogP contribution < -0.4 is 0 Å². The van der Waals surface area contributed by atoms with Crippen LogP contribution in [0.2, 0.25) is 0 Å². The molecule has 0 aromatic heterocycles. The van der Waals surface area contributed by atoms with Crippen LogP contribution in [-0.2, 0) is 60.8 Å². The smallest absolute Gasteiger partial charge is 0.356 e. The van der Waals surface area contributed by atoms with Gasteiger partial charge in [-0.3, -0.25) is 13.6 Å². The van der Waals surface area contributed by atoms with Crippen molar-refractivity contribution < 1.29 is 60.8 Å². The zero-order valence-corrected chi connectivity index (χ0v) is 30.2. The summed E-state index contributed by atoms with van der Waals surface area (Å²) in [7, 11) is 0.266. The summed E-state index contributed by atoms with van der Waals surface area (Å²) in [5.74, 6) is 0. The van der Waals surface area contributed by atoms with Crippen LogP contribution in [0.25, 0.3) is 0 Å². The van der Waals surface area contributed by atoms with E-state index in [-0.39, 0.29) is 0 Å². The maximum absolute atomic E-state index is 14.4. The van der Waals surface area contributed by atoms with Crippen molar-refractivity contribution in [3.05, 3.63) is 0 Å². The van der Waals surface area contributed by atoms with Gasteiger partial charge in [0.1, 0.15) is 0 Å². The zero-order valence-electron chi connectivity index (χ0n) is 29.3. The van der Waals surface area contributed by atoms with Gasteiger partial charge in [-0.1, -0.05) is 62.3 Å². The maximum Gasteiger partial charge on any atom is 0.481 e. The molecule has 0 aliphatic rings. The van der Waals surface area contributed by atoms with Gasteiger partial charge in [0, 0.05) is 21.3 Å². The van der Waals surface area contributed by atoms with Crippen molar-refractivity contribution in [2.45, 2.75) is 177 Å². The van der Waals surface area contributed by atoms with E-state index in [0.29, 0.717) is 57.8 Å².